The molecule has 6 amide bonds. The third kappa shape index (κ3) is 11.6. The smallest absolute Gasteiger partial charge is 0.246 e. The molecule has 5 N–H and O–H groups in total. The Bertz CT molecular complexity index is 1330. The van der Waals surface area contributed by atoms with Crippen LogP contribution in [0.2, 0.25) is 0 Å². The van der Waals surface area contributed by atoms with Gasteiger partial charge in [0.1, 0.15) is 36.3 Å². The fraction of sp³-hybridized carbons (Fsp3) is 0.684. The summed E-state index contributed by atoms with van der Waals surface area (Å²) in [6.45, 7) is 15.7. The minimum Gasteiger partial charge on any atom is -0.343 e. The molecule has 2 saturated heterocycles. The van der Waals surface area contributed by atoms with Gasteiger partial charge in [-0.3, -0.25) is 28.8 Å². The first-order chi connectivity index (χ1) is 23.6. The van der Waals surface area contributed by atoms with Gasteiger partial charge in [-0.25, -0.2) is 0 Å². The van der Waals surface area contributed by atoms with Crippen molar-refractivity contribution in [1.82, 2.24) is 31.5 Å². The Morgan fingerprint density at radius 2 is 1.08 bits per heavy atom. The van der Waals surface area contributed by atoms with Gasteiger partial charge in [0.25, 0.3) is 0 Å². The zero-order valence-corrected chi connectivity index (χ0v) is 31.2. The van der Waals surface area contributed by atoms with Gasteiger partial charge < -0.3 is 31.5 Å². The molecule has 7 atom stereocenters. The number of carbonyl (C=O) groups excluding carboxylic acids is 6. The Kier molecular flexibility index (Phi) is 15.3. The Balaban J connectivity index is 2.11. The minimum absolute atomic E-state index is 0.0138. The Morgan fingerprint density at radius 1 is 0.620 bits per heavy atom. The first kappa shape index (κ1) is 40.5. The molecule has 0 aromatic heterocycles. The molecule has 2 heterocycles. The van der Waals surface area contributed by atoms with Gasteiger partial charge in [-0.2, -0.15) is 0 Å². The third-order valence-corrected chi connectivity index (χ3v) is 9.55. The molecular formula is C38H60N6O6. The van der Waals surface area contributed by atoms with Crippen LogP contribution < -0.4 is 26.6 Å². The zero-order valence-electron chi connectivity index (χ0n) is 31.2. The predicted octanol–water partition coefficient (Wildman–Crippen LogP) is 2.84. The lowest BCUT2D eigenvalue weighted by Gasteiger charge is -2.33. The minimum atomic E-state index is -1.01. The molecule has 2 fully saturated rings. The highest BCUT2D eigenvalue weighted by molar-refractivity contribution is 5.98. The molecule has 0 unspecified atom stereocenters. The van der Waals surface area contributed by atoms with E-state index in [1.165, 1.54) is 4.90 Å². The number of amides is 6. The number of hydrogen-bond donors (Lipinski definition) is 5. The van der Waals surface area contributed by atoms with Gasteiger partial charge in [0, 0.05) is 13.0 Å². The van der Waals surface area contributed by atoms with Gasteiger partial charge in [0.15, 0.2) is 0 Å². The first-order valence-electron chi connectivity index (χ1n) is 18.5. The van der Waals surface area contributed by atoms with Crippen molar-refractivity contribution in [2.75, 3.05) is 6.54 Å². The highest BCUT2D eigenvalue weighted by Gasteiger charge is 2.41. The summed E-state index contributed by atoms with van der Waals surface area (Å²) in [6, 6.07) is 3.56. The molecule has 0 spiro atoms. The van der Waals surface area contributed by atoms with Gasteiger partial charge in [0.2, 0.25) is 35.4 Å². The van der Waals surface area contributed by atoms with Gasteiger partial charge in [-0.1, -0.05) is 92.1 Å². The number of carbonyl (C=O) groups is 6. The summed E-state index contributed by atoms with van der Waals surface area (Å²) in [5, 5.41) is 14.5. The number of nitrogens with zero attached hydrogens (tertiary/aromatic N) is 1. The molecule has 1 aromatic rings. The van der Waals surface area contributed by atoms with E-state index in [1.807, 2.05) is 85.7 Å². The van der Waals surface area contributed by atoms with Crippen molar-refractivity contribution < 1.29 is 28.8 Å². The molecule has 50 heavy (non-hydrogen) atoms. The molecular weight excluding hydrogens is 636 g/mol. The van der Waals surface area contributed by atoms with Crippen LogP contribution in [-0.4, -0.2) is 83.1 Å². The van der Waals surface area contributed by atoms with E-state index in [4.69, 9.17) is 0 Å². The standard InChI is InChI=1S/C38H60N6O6/c1-9-25(8)32-37(49)41-28(19-23(4)5)34(46)42-30(21-26-14-11-10-12-15-26)38(50)44-17-13-16-31(44)36(48)40-27(18-22(2)3)33(45)39-29(20-24(6)7)35(47)43-32/h10-12,14-15,22-25,27-32H,9,13,16-21H2,1-8H3,(H,39,45)(H,40,48)(H,41,49)(H,42,46)(H,43,47)/t25-,27-,28-,29-,30-,31-,32-/m0/s1. The van der Waals surface area contributed by atoms with E-state index < -0.39 is 71.7 Å². The van der Waals surface area contributed by atoms with Crippen LogP contribution in [0.3, 0.4) is 0 Å². The lowest BCUT2D eigenvalue weighted by Crippen LogP contribution is -2.62. The molecule has 0 radical (unpaired) electrons. The van der Waals surface area contributed by atoms with Crippen LogP contribution in [0.4, 0.5) is 0 Å². The third-order valence-electron chi connectivity index (χ3n) is 9.55. The van der Waals surface area contributed by atoms with Gasteiger partial charge in [0.05, 0.1) is 0 Å². The summed E-state index contributed by atoms with van der Waals surface area (Å²) in [5.41, 5.74) is 0.821. The molecule has 12 nitrogen and oxygen atoms in total. The van der Waals surface area contributed by atoms with Crippen LogP contribution in [0.5, 0.6) is 0 Å². The Morgan fingerprint density at radius 3 is 1.58 bits per heavy atom. The first-order valence-corrected chi connectivity index (χ1v) is 18.5. The second-order valence-electron chi connectivity index (χ2n) is 15.4. The molecule has 0 saturated carbocycles. The average Bonchev–Trinajstić information content (AvgIpc) is 3.55. The van der Waals surface area contributed by atoms with Crippen LogP contribution in [0.15, 0.2) is 30.3 Å². The molecule has 1 aromatic carbocycles. The van der Waals surface area contributed by atoms with Crippen molar-refractivity contribution >= 4 is 35.4 Å². The molecule has 2 aliphatic rings. The molecule has 0 bridgehead atoms. The summed E-state index contributed by atoms with van der Waals surface area (Å²) < 4.78 is 0. The SMILES string of the molecule is CC[C@H](C)[C@@H]1NC(=O)[C@H](CC(C)C)NC(=O)[C@H](CC(C)C)NC(=O)[C@@H]2CCCN2C(=O)[C@H](Cc2ccccc2)NC(=O)[C@H](CC(C)C)NC1=O. The molecule has 2 aliphatic heterocycles. The van der Waals surface area contributed by atoms with Crippen molar-refractivity contribution in [3.63, 3.8) is 0 Å². The van der Waals surface area contributed by atoms with E-state index in [0.29, 0.717) is 45.1 Å². The maximum absolute atomic E-state index is 14.3. The van der Waals surface area contributed by atoms with Crippen molar-refractivity contribution in [2.24, 2.45) is 23.7 Å². The summed E-state index contributed by atoms with van der Waals surface area (Å²) in [5.74, 6) is -3.11. The fourth-order valence-electron chi connectivity index (χ4n) is 6.69. The van der Waals surface area contributed by atoms with E-state index in [9.17, 15) is 28.8 Å². The quantitative estimate of drug-likeness (QED) is 0.253. The topological polar surface area (TPSA) is 166 Å². The Labute approximate surface area is 298 Å². The van der Waals surface area contributed by atoms with E-state index in [0.717, 1.165) is 5.56 Å². The van der Waals surface area contributed by atoms with Crippen molar-refractivity contribution in [3.8, 4) is 0 Å². The number of nitrogens with one attached hydrogen (secondary N) is 5. The highest BCUT2D eigenvalue weighted by Crippen LogP contribution is 2.21. The van der Waals surface area contributed by atoms with Crippen LogP contribution in [0, 0.1) is 23.7 Å². The fourth-order valence-corrected chi connectivity index (χ4v) is 6.69. The van der Waals surface area contributed by atoms with Crippen molar-refractivity contribution in [2.45, 2.75) is 137 Å². The van der Waals surface area contributed by atoms with E-state index in [1.54, 1.807) is 0 Å². The van der Waals surface area contributed by atoms with E-state index in [2.05, 4.69) is 26.6 Å². The number of fused-ring (bicyclic) bond motifs is 1. The summed E-state index contributed by atoms with van der Waals surface area (Å²) >= 11 is 0. The highest BCUT2D eigenvalue weighted by atomic mass is 16.2. The van der Waals surface area contributed by atoms with E-state index in [-0.39, 0.29) is 30.1 Å². The lowest BCUT2D eigenvalue weighted by molar-refractivity contribution is -0.143. The number of hydrogen-bond acceptors (Lipinski definition) is 6. The zero-order chi connectivity index (χ0) is 37.1. The summed E-state index contributed by atoms with van der Waals surface area (Å²) in [7, 11) is 0. The van der Waals surface area contributed by atoms with Crippen LogP contribution in [-0.2, 0) is 35.2 Å². The van der Waals surface area contributed by atoms with Crippen LogP contribution in [0.25, 0.3) is 0 Å². The van der Waals surface area contributed by atoms with Gasteiger partial charge in [-0.15, -0.1) is 0 Å². The summed E-state index contributed by atoms with van der Waals surface area (Å²) in [4.78, 5) is 85.4. The average molecular weight is 697 g/mol. The number of rotatable bonds is 10. The molecule has 12 heteroatoms. The summed E-state index contributed by atoms with van der Waals surface area (Å²) in [6.07, 6.45) is 2.64. The molecule has 3 rings (SSSR count). The van der Waals surface area contributed by atoms with Crippen LogP contribution in [0.1, 0.15) is 99.5 Å². The number of benzene rings is 1. The van der Waals surface area contributed by atoms with Crippen molar-refractivity contribution in [1.29, 1.82) is 0 Å². The largest absolute Gasteiger partial charge is 0.343 e. The Hall–Kier alpha value is -3.96. The van der Waals surface area contributed by atoms with Gasteiger partial charge >= 0.3 is 0 Å². The van der Waals surface area contributed by atoms with Crippen molar-refractivity contribution in [3.05, 3.63) is 35.9 Å². The van der Waals surface area contributed by atoms with Gasteiger partial charge in [-0.05, 0) is 61.3 Å². The maximum atomic E-state index is 14.3. The predicted molar refractivity (Wildman–Crippen MR) is 192 cm³/mol. The van der Waals surface area contributed by atoms with E-state index >= 15 is 0 Å². The van der Waals surface area contributed by atoms with Crippen LogP contribution >= 0.6 is 0 Å². The maximum Gasteiger partial charge on any atom is 0.246 e. The second kappa shape index (κ2) is 18.9. The molecule has 0 aliphatic carbocycles. The normalized spacial score (nSPS) is 26.8. The second-order valence-corrected chi connectivity index (χ2v) is 15.4. The molecule has 278 valence electrons. The lowest BCUT2D eigenvalue weighted by atomic mass is 9.95. The monoisotopic (exact) mass is 696 g/mol.